The minimum Gasteiger partial charge on any atom is -0.320 e. The van der Waals surface area contributed by atoms with Gasteiger partial charge >= 0.3 is 0 Å². The van der Waals surface area contributed by atoms with Crippen molar-refractivity contribution in [1.82, 2.24) is 15.1 Å². The number of hydrogen-bond donors (Lipinski definition) is 1. The first-order valence-electron chi connectivity index (χ1n) is 6.24. The molecule has 0 bridgehead atoms. The van der Waals surface area contributed by atoms with Crippen LogP contribution in [0.1, 0.15) is 19.3 Å². The molecule has 0 aromatic heterocycles. The van der Waals surface area contributed by atoms with Gasteiger partial charge in [-0.15, -0.1) is 0 Å². The van der Waals surface area contributed by atoms with Gasteiger partial charge in [0.1, 0.15) is 0 Å². The van der Waals surface area contributed by atoms with Crippen molar-refractivity contribution in [2.45, 2.75) is 19.3 Å². The molecular formula is C12H27N3. The van der Waals surface area contributed by atoms with Gasteiger partial charge in [-0.25, -0.2) is 0 Å². The molecule has 3 heteroatoms. The second kappa shape index (κ2) is 7.20. The molecule has 0 unspecified atom stereocenters. The van der Waals surface area contributed by atoms with E-state index in [1.54, 1.807) is 0 Å². The van der Waals surface area contributed by atoms with Gasteiger partial charge in [0, 0.05) is 13.1 Å². The maximum absolute atomic E-state index is 3.25. The van der Waals surface area contributed by atoms with Gasteiger partial charge < -0.3 is 15.1 Å². The Morgan fingerprint density at radius 3 is 2.47 bits per heavy atom. The van der Waals surface area contributed by atoms with Gasteiger partial charge in [-0.3, -0.25) is 0 Å². The van der Waals surface area contributed by atoms with Crippen molar-refractivity contribution < 1.29 is 0 Å². The zero-order valence-corrected chi connectivity index (χ0v) is 10.6. The first-order valence-corrected chi connectivity index (χ1v) is 6.24. The molecule has 0 aliphatic carbocycles. The predicted molar refractivity (Wildman–Crippen MR) is 66.3 cm³/mol. The van der Waals surface area contributed by atoms with Crippen LogP contribution < -0.4 is 5.32 Å². The summed E-state index contributed by atoms with van der Waals surface area (Å²) in [6, 6.07) is 0. The number of likely N-dealkylation sites (tertiary alicyclic amines) is 1. The van der Waals surface area contributed by atoms with E-state index in [0.29, 0.717) is 0 Å². The summed E-state index contributed by atoms with van der Waals surface area (Å²) in [6.07, 6.45) is 4.15. The van der Waals surface area contributed by atoms with Crippen LogP contribution in [0.25, 0.3) is 0 Å². The third-order valence-corrected chi connectivity index (χ3v) is 3.37. The van der Waals surface area contributed by atoms with Crippen molar-refractivity contribution in [2.24, 2.45) is 5.92 Å². The second-order valence-electron chi connectivity index (χ2n) is 4.98. The molecule has 0 saturated carbocycles. The highest BCUT2D eigenvalue weighted by Crippen LogP contribution is 2.19. The molecular weight excluding hydrogens is 186 g/mol. The van der Waals surface area contributed by atoms with Crippen LogP contribution >= 0.6 is 0 Å². The lowest BCUT2D eigenvalue weighted by Crippen LogP contribution is -2.38. The fourth-order valence-electron chi connectivity index (χ4n) is 2.19. The number of hydrogen-bond acceptors (Lipinski definition) is 3. The lowest BCUT2D eigenvalue weighted by atomic mass is 9.93. The minimum absolute atomic E-state index is 0.966. The smallest absolute Gasteiger partial charge is 0.0109 e. The second-order valence-corrected chi connectivity index (χ2v) is 4.98. The van der Waals surface area contributed by atoms with E-state index in [1.807, 2.05) is 7.05 Å². The number of piperidine rings is 1. The molecule has 0 aromatic carbocycles. The lowest BCUT2D eigenvalue weighted by molar-refractivity contribution is 0.166. The Morgan fingerprint density at radius 1 is 1.27 bits per heavy atom. The van der Waals surface area contributed by atoms with Gasteiger partial charge in [-0.2, -0.15) is 0 Å². The van der Waals surface area contributed by atoms with Crippen LogP contribution in [-0.2, 0) is 0 Å². The summed E-state index contributed by atoms with van der Waals surface area (Å²) in [4.78, 5) is 4.88. The summed E-state index contributed by atoms with van der Waals surface area (Å²) >= 11 is 0. The average molecular weight is 213 g/mol. The SMILES string of the molecule is CNCCC1CCN(CCN(C)C)CC1. The van der Waals surface area contributed by atoms with Crippen molar-refractivity contribution in [3.63, 3.8) is 0 Å². The highest BCUT2D eigenvalue weighted by Gasteiger charge is 2.18. The molecule has 1 aliphatic rings. The highest BCUT2D eigenvalue weighted by atomic mass is 15.2. The Balaban J connectivity index is 2.07. The first-order chi connectivity index (χ1) is 7.22. The van der Waals surface area contributed by atoms with Gasteiger partial charge in [0.25, 0.3) is 0 Å². The standard InChI is InChI=1S/C12H27N3/c1-13-7-4-12-5-8-15(9-6-12)11-10-14(2)3/h12-13H,4-11H2,1-3H3. The summed E-state index contributed by atoms with van der Waals surface area (Å²) in [5.74, 6) is 0.966. The van der Waals surface area contributed by atoms with Gasteiger partial charge in [-0.1, -0.05) is 0 Å². The van der Waals surface area contributed by atoms with Crippen LogP contribution in [0.2, 0.25) is 0 Å². The van der Waals surface area contributed by atoms with Crippen LogP contribution in [0, 0.1) is 5.92 Å². The Hall–Kier alpha value is -0.120. The topological polar surface area (TPSA) is 18.5 Å². The molecule has 15 heavy (non-hydrogen) atoms. The monoisotopic (exact) mass is 213 g/mol. The van der Waals surface area contributed by atoms with Crippen molar-refractivity contribution >= 4 is 0 Å². The zero-order chi connectivity index (χ0) is 11.1. The third kappa shape index (κ3) is 5.50. The molecule has 0 amide bonds. The zero-order valence-electron chi connectivity index (χ0n) is 10.6. The predicted octanol–water partition coefficient (Wildman–Crippen LogP) is 0.870. The molecule has 0 aromatic rings. The molecule has 0 radical (unpaired) electrons. The fourth-order valence-corrected chi connectivity index (χ4v) is 2.19. The first kappa shape index (κ1) is 12.9. The Kier molecular flexibility index (Phi) is 6.22. The number of nitrogens with zero attached hydrogens (tertiary/aromatic N) is 2. The summed E-state index contributed by atoms with van der Waals surface area (Å²) in [5, 5.41) is 3.25. The van der Waals surface area contributed by atoms with E-state index >= 15 is 0 Å². The Labute approximate surface area is 94.8 Å². The largest absolute Gasteiger partial charge is 0.320 e. The van der Waals surface area contributed by atoms with Gasteiger partial charge in [-0.05, 0) is 66.0 Å². The molecule has 0 spiro atoms. The van der Waals surface area contributed by atoms with E-state index in [-0.39, 0.29) is 0 Å². The van der Waals surface area contributed by atoms with Crippen molar-refractivity contribution in [1.29, 1.82) is 0 Å². The minimum atomic E-state index is 0.966. The number of likely N-dealkylation sites (N-methyl/N-ethyl adjacent to an activating group) is 1. The van der Waals surface area contributed by atoms with Crippen molar-refractivity contribution in [3.05, 3.63) is 0 Å². The van der Waals surface area contributed by atoms with E-state index in [2.05, 4.69) is 29.2 Å². The molecule has 3 nitrogen and oxygen atoms in total. The fraction of sp³-hybridized carbons (Fsp3) is 1.00. The van der Waals surface area contributed by atoms with Crippen molar-refractivity contribution in [3.8, 4) is 0 Å². The van der Waals surface area contributed by atoms with Crippen LogP contribution in [0.4, 0.5) is 0 Å². The van der Waals surface area contributed by atoms with Gasteiger partial charge in [0.2, 0.25) is 0 Å². The van der Waals surface area contributed by atoms with Crippen LogP contribution in [0.5, 0.6) is 0 Å². The molecule has 1 rings (SSSR count). The molecule has 1 aliphatic heterocycles. The van der Waals surface area contributed by atoms with E-state index in [0.717, 1.165) is 5.92 Å². The van der Waals surface area contributed by atoms with E-state index < -0.39 is 0 Å². The Bertz CT molecular complexity index is 151. The Morgan fingerprint density at radius 2 is 1.93 bits per heavy atom. The summed E-state index contributed by atoms with van der Waals surface area (Å²) in [6.45, 7) is 6.24. The molecule has 0 atom stereocenters. The van der Waals surface area contributed by atoms with E-state index in [9.17, 15) is 0 Å². The maximum atomic E-state index is 3.25. The molecule has 1 saturated heterocycles. The summed E-state index contributed by atoms with van der Waals surface area (Å²) in [7, 11) is 6.35. The van der Waals surface area contributed by atoms with Crippen LogP contribution in [0.3, 0.4) is 0 Å². The van der Waals surface area contributed by atoms with E-state index in [4.69, 9.17) is 0 Å². The normalized spacial score (nSPS) is 20.0. The van der Waals surface area contributed by atoms with Crippen molar-refractivity contribution in [2.75, 3.05) is 53.9 Å². The summed E-state index contributed by atoms with van der Waals surface area (Å²) in [5.41, 5.74) is 0. The number of rotatable bonds is 6. The van der Waals surface area contributed by atoms with E-state index in [1.165, 1.54) is 52.0 Å². The third-order valence-electron chi connectivity index (χ3n) is 3.37. The maximum Gasteiger partial charge on any atom is 0.0109 e. The molecule has 90 valence electrons. The number of nitrogens with one attached hydrogen (secondary N) is 1. The average Bonchev–Trinajstić information content (AvgIpc) is 2.25. The molecule has 1 N–H and O–H groups in total. The highest BCUT2D eigenvalue weighted by molar-refractivity contribution is 4.73. The summed E-state index contributed by atoms with van der Waals surface area (Å²) < 4.78 is 0. The molecule has 1 heterocycles. The van der Waals surface area contributed by atoms with Crippen LogP contribution in [0.15, 0.2) is 0 Å². The molecule has 1 fully saturated rings. The van der Waals surface area contributed by atoms with Gasteiger partial charge in [0.05, 0.1) is 0 Å². The van der Waals surface area contributed by atoms with Crippen LogP contribution in [-0.4, -0.2) is 63.7 Å². The van der Waals surface area contributed by atoms with Gasteiger partial charge in [0.15, 0.2) is 0 Å². The lowest BCUT2D eigenvalue weighted by Gasteiger charge is -2.32. The quantitative estimate of drug-likeness (QED) is 0.706.